The van der Waals surface area contributed by atoms with Gasteiger partial charge in [0.05, 0.1) is 24.5 Å². The third-order valence-corrected chi connectivity index (χ3v) is 3.35. The van der Waals surface area contributed by atoms with Crippen LogP contribution in [0, 0.1) is 0 Å². The van der Waals surface area contributed by atoms with Crippen LogP contribution in [0.1, 0.15) is 30.1 Å². The van der Waals surface area contributed by atoms with Crippen LogP contribution in [0.3, 0.4) is 0 Å². The molecule has 5 heteroatoms. The molecule has 0 atom stereocenters. The van der Waals surface area contributed by atoms with Crippen molar-refractivity contribution >= 4 is 11.6 Å². The van der Waals surface area contributed by atoms with Crippen LogP contribution in [0.2, 0.25) is 0 Å². The van der Waals surface area contributed by atoms with E-state index in [9.17, 15) is 4.79 Å². The molecule has 0 aromatic heterocycles. The lowest BCUT2D eigenvalue weighted by Gasteiger charge is -2.23. The van der Waals surface area contributed by atoms with Gasteiger partial charge in [-0.2, -0.15) is 0 Å². The van der Waals surface area contributed by atoms with Gasteiger partial charge in [-0.15, -0.1) is 0 Å². The fourth-order valence-corrected chi connectivity index (χ4v) is 2.21. The predicted molar refractivity (Wildman–Crippen MR) is 78.0 cm³/mol. The minimum absolute atomic E-state index is 0.0275. The van der Waals surface area contributed by atoms with E-state index in [1.807, 2.05) is 11.8 Å². The van der Waals surface area contributed by atoms with Crippen molar-refractivity contribution < 1.29 is 14.3 Å². The standard InChI is InChI=1S/C15H22N2O3/c1-3-20-14-12(5-4-6-13(14)16)15(18)17(9-10-19-2)11-7-8-11/h4-6,11H,3,7-10,16H2,1-2H3. The van der Waals surface area contributed by atoms with E-state index in [4.69, 9.17) is 15.2 Å². The second-order valence-corrected chi connectivity index (χ2v) is 4.88. The average Bonchev–Trinajstić information content (AvgIpc) is 3.26. The summed E-state index contributed by atoms with van der Waals surface area (Å²) in [7, 11) is 1.64. The van der Waals surface area contributed by atoms with E-state index < -0.39 is 0 Å². The third kappa shape index (κ3) is 3.22. The largest absolute Gasteiger partial charge is 0.491 e. The first-order chi connectivity index (χ1) is 9.69. The average molecular weight is 278 g/mol. The van der Waals surface area contributed by atoms with Crippen molar-refractivity contribution in [2.24, 2.45) is 0 Å². The molecular formula is C15H22N2O3. The molecule has 0 bridgehead atoms. The number of hydrogen-bond acceptors (Lipinski definition) is 4. The van der Waals surface area contributed by atoms with Gasteiger partial charge in [0.1, 0.15) is 0 Å². The van der Waals surface area contributed by atoms with Crippen LogP contribution < -0.4 is 10.5 Å². The summed E-state index contributed by atoms with van der Waals surface area (Å²) in [6, 6.07) is 5.63. The second-order valence-electron chi connectivity index (χ2n) is 4.88. The number of para-hydroxylation sites is 1. The maximum atomic E-state index is 12.7. The second kappa shape index (κ2) is 6.61. The van der Waals surface area contributed by atoms with Crippen molar-refractivity contribution in [1.29, 1.82) is 0 Å². The highest BCUT2D eigenvalue weighted by Crippen LogP contribution is 2.32. The first kappa shape index (κ1) is 14.7. The van der Waals surface area contributed by atoms with Gasteiger partial charge in [0.15, 0.2) is 5.75 Å². The molecule has 110 valence electrons. The topological polar surface area (TPSA) is 64.8 Å². The van der Waals surface area contributed by atoms with Crippen molar-refractivity contribution in [1.82, 2.24) is 4.90 Å². The molecule has 2 rings (SSSR count). The normalized spacial score (nSPS) is 14.1. The molecular weight excluding hydrogens is 256 g/mol. The quantitative estimate of drug-likeness (QED) is 0.774. The highest BCUT2D eigenvalue weighted by Gasteiger charge is 2.34. The Bertz CT molecular complexity index is 472. The maximum Gasteiger partial charge on any atom is 0.258 e. The monoisotopic (exact) mass is 278 g/mol. The zero-order valence-corrected chi connectivity index (χ0v) is 12.1. The van der Waals surface area contributed by atoms with Gasteiger partial charge in [-0.3, -0.25) is 4.79 Å². The number of amides is 1. The molecule has 1 saturated carbocycles. The van der Waals surface area contributed by atoms with E-state index in [0.29, 0.717) is 42.8 Å². The van der Waals surface area contributed by atoms with Crippen molar-refractivity contribution in [3.63, 3.8) is 0 Å². The van der Waals surface area contributed by atoms with Crippen LogP contribution in [0.5, 0.6) is 5.75 Å². The Morgan fingerprint density at radius 3 is 2.80 bits per heavy atom. The Labute approximate surface area is 119 Å². The molecule has 2 N–H and O–H groups in total. The fraction of sp³-hybridized carbons (Fsp3) is 0.533. The van der Waals surface area contributed by atoms with E-state index >= 15 is 0 Å². The summed E-state index contributed by atoms with van der Waals surface area (Å²) in [5.41, 5.74) is 6.95. The lowest BCUT2D eigenvalue weighted by molar-refractivity contribution is 0.0676. The van der Waals surface area contributed by atoms with Crippen LogP contribution in [0.15, 0.2) is 18.2 Å². The van der Waals surface area contributed by atoms with Crippen molar-refractivity contribution in [3.05, 3.63) is 23.8 Å². The molecule has 0 radical (unpaired) electrons. The SMILES string of the molecule is CCOc1c(N)cccc1C(=O)N(CCOC)C1CC1. The van der Waals surface area contributed by atoms with E-state index in [2.05, 4.69) is 0 Å². The Kier molecular flexibility index (Phi) is 4.84. The zero-order chi connectivity index (χ0) is 14.5. The molecule has 0 saturated heterocycles. The van der Waals surface area contributed by atoms with E-state index in [1.165, 1.54) is 0 Å². The number of methoxy groups -OCH3 is 1. The summed E-state index contributed by atoms with van der Waals surface area (Å²) < 4.78 is 10.6. The number of anilines is 1. The van der Waals surface area contributed by atoms with Gasteiger partial charge in [0.25, 0.3) is 5.91 Å². The van der Waals surface area contributed by atoms with Crippen molar-refractivity contribution in [2.45, 2.75) is 25.8 Å². The molecule has 1 aromatic carbocycles. The Morgan fingerprint density at radius 1 is 1.45 bits per heavy atom. The Balaban J connectivity index is 2.24. The maximum absolute atomic E-state index is 12.7. The molecule has 5 nitrogen and oxygen atoms in total. The van der Waals surface area contributed by atoms with Crippen molar-refractivity contribution in [3.8, 4) is 5.75 Å². The summed E-state index contributed by atoms with van der Waals surface area (Å²) in [6.07, 6.45) is 2.11. The number of benzene rings is 1. The molecule has 0 heterocycles. The van der Waals surface area contributed by atoms with Gasteiger partial charge in [-0.1, -0.05) is 6.07 Å². The van der Waals surface area contributed by atoms with Crippen LogP contribution in [0.4, 0.5) is 5.69 Å². The number of hydrogen-bond donors (Lipinski definition) is 1. The van der Waals surface area contributed by atoms with Gasteiger partial charge in [0, 0.05) is 19.7 Å². The number of carbonyl (C=O) groups excluding carboxylic acids is 1. The van der Waals surface area contributed by atoms with Gasteiger partial charge in [-0.25, -0.2) is 0 Å². The molecule has 1 aromatic rings. The third-order valence-electron chi connectivity index (χ3n) is 3.35. The molecule has 20 heavy (non-hydrogen) atoms. The minimum Gasteiger partial charge on any atom is -0.491 e. The molecule has 0 spiro atoms. The van der Waals surface area contributed by atoms with Crippen molar-refractivity contribution in [2.75, 3.05) is 32.6 Å². The summed E-state index contributed by atoms with van der Waals surface area (Å²) in [5, 5.41) is 0. The summed E-state index contributed by atoms with van der Waals surface area (Å²) >= 11 is 0. The van der Waals surface area contributed by atoms with Gasteiger partial charge in [-0.05, 0) is 31.9 Å². The first-order valence-electron chi connectivity index (χ1n) is 7.00. The highest BCUT2D eigenvalue weighted by atomic mass is 16.5. The van der Waals surface area contributed by atoms with Crippen LogP contribution in [-0.2, 0) is 4.74 Å². The molecule has 1 aliphatic carbocycles. The number of nitrogens with zero attached hydrogens (tertiary/aromatic N) is 1. The summed E-state index contributed by atoms with van der Waals surface area (Å²) in [5.74, 6) is 0.461. The smallest absolute Gasteiger partial charge is 0.258 e. The number of rotatable bonds is 7. The van der Waals surface area contributed by atoms with E-state index in [-0.39, 0.29) is 5.91 Å². The van der Waals surface area contributed by atoms with Crippen LogP contribution in [-0.4, -0.2) is 43.7 Å². The molecule has 1 aliphatic rings. The van der Waals surface area contributed by atoms with Crippen LogP contribution in [0.25, 0.3) is 0 Å². The number of nitrogen functional groups attached to an aromatic ring is 1. The Hall–Kier alpha value is -1.75. The lowest BCUT2D eigenvalue weighted by Crippen LogP contribution is -2.36. The summed E-state index contributed by atoms with van der Waals surface area (Å²) in [4.78, 5) is 14.6. The van der Waals surface area contributed by atoms with Gasteiger partial charge >= 0.3 is 0 Å². The number of ether oxygens (including phenoxy) is 2. The summed E-state index contributed by atoms with van der Waals surface area (Å²) in [6.45, 7) is 3.50. The molecule has 0 aliphatic heterocycles. The van der Waals surface area contributed by atoms with E-state index in [1.54, 1.807) is 25.3 Å². The minimum atomic E-state index is -0.0275. The van der Waals surface area contributed by atoms with Crippen LogP contribution >= 0.6 is 0 Å². The number of carbonyl (C=O) groups is 1. The number of nitrogens with two attached hydrogens (primary N) is 1. The predicted octanol–water partition coefficient (Wildman–Crippen LogP) is 1.92. The highest BCUT2D eigenvalue weighted by molar-refractivity contribution is 5.99. The molecule has 1 amide bonds. The van der Waals surface area contributed by atoms with E-state index in [0.717, 1.165) is 12.8 Å². The first-order valence-corrected chi connectivity index (χ1v) is 7.00. The van der Waals surface area contributed by atoms with Gasteiger partial charge < -0.3 is 20.1 Å². The molecule has 1 fully saturated rings. The zero-order valence-electron chi connectivity index (χ0n) is 12.1. The Morgan fingerprint density at radius 2 is 2.20 bits per heavy atom. The fourth-order valence-electron chi connectivity index (χ4n) is 2.21. The van der Waals surface area contributed by atoms with Gasteiger partial charge in [0.2, 0.25) is 0 Å². The lowest BCUT2D eigenvalue weighted by atomic mass is 10.1. The molecule has 0 unspecified atom stereocenters.